The first kappa shape index (κ1) is 13.6. The average Bonchev–Trinajstić information content (AvgIpc) is 2.36. The van der Waals surface area contributed by atoms with Gasteiger partial charge in [0.1, 0.15) is 0 Å². The smallest absolute Gasteiger partial charge is 0.276 e. The van der Waals surface area contributed by atoms with Crippen LogP contribution >= 0.6 is 23.2 Å². The van der Waals surface area contributed by atoms with E-state index in [2.05, 4.69) is 10.3 Å². The first-order valence-electron chi connectivity index (χ1n) is 5.46. The SMILES string of the molecule is Cc1cc(Cl)c(NC(=O)c2ncccc2N)cc1Cl. The summed E-state index contributed by atoms with van der Waals surface area (Å²) in [6, 6.07) is 6.53. The molecule has 3 N–H and O–H groups in total. The normalized spacial score (nSPS) is 10.3. The Hall–Kier alpha value is -1.78. The number of nitrogen functional groups attached to an aromatic ring is 1. The number of nitrogens with one attached hydrogen (secondary N) is 1. The van der Waals surface area contributed by atoms with Gasteiger partial charge in [-0.15, -0.1) is 0 Å². The molecule has 2 rings (SSSR count). The molecule has 0 saturated carbocycles. The van der Waals surface area contributed by atoms with Crippen molar-refractivity contribution in [2.75, 3.05) is 11.1 Å². The highest BCUT2D eigenvalue weighted by Gasteiger charge is 2.13. The Balaban J connectivity index is 2.30. The molecule has 0 aliphatic rings. The van der Waals surface area contributed by atoms with Crippen molar-refractivity contribution in [3.8, 4) is 0 Å². The van der Waals surface area contributed by atoms with Gasteiger partial charge in [-0.05, 0) is 36.8 Å². The van der Waals surface area contributed by atoms with Crippen LogP contribution in [0.3, 0.4) is 0 Å². The number of nitrogens with two attached hydrogens (primary N) is 1. The molecule has 4 nitrogen and oxygen atoms in total. The maximum atomic E-state index is 12.0. The minimum atomic E-state index is -0.431. The van der Waals surface area contributed by atoms with Crippen LogP contribution in [0.2, 0.25) is 10.0 Å². The monoisotopic (exact) mass is 295 g/mol. The predicted octanol–water partition coefficient (Wildman–Crippen LogP) is 3.53. The number of anilines is 2. The van der Waals surface area contributed by atoms with Gasteiger partial charge in [-0.25, -0.2) is 4.98 Å². The van der Waals surface area contributed by atoms with Crippen molar-refractivity contribution in [2.24, 2.45) is 0 Å². The zero-order valence-corrected chi connectivity index (χ0v) is 11.6. The van der Waals surface area contributed by atoms with Gasteiger partial charge in [0.15, 0.2) is 5.69 Å². The van der Waals surface area contributed by atoms with Crippen LogP contribution in [0.4, 0.5) is 11.4 Å². The maximum Gasteiger partial charge on any atom is 0.276 e. The summed E-state index contributed by atoms with van der Waals surface area (Å²) >= 11 is 12.0. The van der Waals surface area contributed by atoms with Crippen molar-refractivity contribution in [1.82, 2.24) is 4.98 Å². The van der Waals surface area contributed by atoms with Crippen LogP contribution in [0.15, 0.2) is 30.5 Å². The molecule has 1 heterocycles. The first-order valence-corrected chi connectivity index (χ1v) is 6.22. The Bertz CT molecular complexity index is 644. The summed E-state index contributed by atoms with van der Waals surface area (Å²) in [4.78, 5) is 16.0. The largest absolute Gasteiger partial charge is 0.397 e. The Morgan fingerprint density at radius 2 is 2.05 bits per heavy atom. The van der Waals surface area contributed by atoms with E-state index in [1.54, 1.807) is 24.3 Å². The zero-order chi connectivity index (χ0) is 14.0. The summed E-state index contributed by atoms with van der Waals surface area (Å²) in [7, 11) is 0. The van der Waals surface area contributed by atoms with Crippen LogP contribution in [-0.4, -0.2) is 10.9 Å². The third kappa shape index (κ3) is 2.97. The fourth-order valence-corrected chi connectivity index (χ4v) is 1.96. The average molecular weight is 296 g/mol. The second-order valence-corrected chi connectivity index (χ2v) is 4.79. The van der Waals surface area contributed by atoms with Gasteiger partial charge in [0.25, 0.3) is 5.91 Å². The molecular weight excluding hydrogens is 285 g/mol. The standard InChI is InChI=1S/C13H11Cl2N3O/c1-7-5-9(15)11(6-8(7)14)18-13(19)12-10(16)3-2-4-17-12/h2-6H,16H2,1H3,(H,18,19). The summed E-state index contributed by atoms with van der Waals surface area (Å²) in [6.07, 6.45) is 1.50. The molecule has 0 atom stereocenters. The Kier molecular flexibility index (Phi) is 3.93. The van der Waals surface area contributed by atoms with Crippen LogP contribution in [0.1, 0.15) is 16.1 Å². The van der Waals surface area contributed by atoms with Crippen LogP contribution in [0.5, 0.6) is 0 Å². The molecule has 6 heteroatoms. The van der Waals surface area contributed by atoms with E-state index in [1.807, 2.05) is 6.92 Å². The molecule has 1 aromatic heterocycles. The highest BCUT2D eigenvalue weighted by Crippen LogP contribution is 2.29. The van der Waals surface area contributed by atoms with Crippen molar-refractivity contribution >= 4 is 40.5 Å². The molecule has 0 saturated heterocycles. The van der Waals surface area contributed by atoms with Gasteiger partial charge < -0.3 is 11.1 Å². The van der Waals surface area contributed by atoms with Gasteiger partial charge in [0, 0.05) is 11.2 Å². The molecular formula is C13H11Cl2N3O. The second kappa shape index (κ2) is 5.47. The van der Waals surface area contributed by atoms with Gasteiger partial charge in [-0.3, -0.25) is 4.79 Å². The molecule has 0 aliphatic carbocycles. The summed E-state index contributed by atoms with van der Waals surface area (Å²) < 4.78 is 0. The van der Waals surface area contributed by atoms with Crippen LogP contribution in [0, 0.1) is 6.92 Å². The number of rotatable bonds is 2. The quantitative estimate of drug-likeness (QED) is 0.890. The van der Waals surface area contributed by atoms with Crippen LogP contribution in [0.25, 0.3) is 0 Å². The lowest BCUT2D eigenvalue weighted by Gasteiger charge is -2.09. The minimum absolute atomic E-state index is 0.148. The fraction of sp³-hybridized carbons (Fsp3) is 0.0769. The lowest BCUT2D eigenvalue weighted by Crippen LogP contribution is -2.16. The van der Waals surface area contributed by atoms with E-state index in [4.69, 9.17) is 28.9 Å². The number of halogens is 2. The van der Waals surface area contributed by atoms with E-state index >= 15 is 0 Å². The summed E-state index contributed by atoms with van der Waals surface area (Å²) in [5.74, 6) is -0.431. The number of nitrogens with zero attached hydrogens (tertiary/aromatic N) is 1. The van der Waals surface area contributed by atoms with Gasteiger partial charge in [0.2, 0.25) is 0 Å². The molecule has 0 aliphatic heterocycles. The van der Waals surface area contributed by atoms with Gasteiger partial charge in [0.05, 0.1) is 16.4 Å². The number of amides is 1. The van der Waals surface area contributed by atoms with Crippen molar-refractivity contribution in [3.63, 3.8) is 0 Å². The fourth-order valence-electron chi connectivity index (χ4n) is 1.53. The predicted molar refractivity (Wildman–Crippen MR) is 77.8 cm³/mol. The number of carbonyl (C=O) groups excluding carboxylic acids is 1. The van der Waals surface area contributed by atoms with Gasteiger partial charge in [-0.1, -0.05) is 23.2 Å². The minimum Gasteiger partial charge on any atom is -0.397 e. The zero-order valence-electron chi connectivity index (χ0n) is 10.1. The number of hydrogen-bond acceptors (Lipinski definition) is 3. The molecule has 1 amide bonds. The molecule has 19 heavy (non-hydrogen) atoms. The van der Waals surface area contributed by atoms with E-state index < -0.39 is 5.91 Å². The molecule has 0 radical (unpaired) electrons. The summed E-state index contributed by atoms with van der Waals surface area (Å²) in [5.41, 5.74) is 7.39. The van der Waals surface area contributed by atoms with Gasteiger partial charge >= 0.3 is 0 Å². The number of hydrogen-bond donors (Lipinski definition) is 2. The Labute approximate surface area is 120 Å². The molecule has 98 valence electrons. The second-order valence-electron chi connectivity index (χ2n) is 3.98. The Morgan fingerprint density at radius 1 is 1.32 bits per heavy atom. The topological polar surface area (TPSA) is 68.0 Å². The first-order chi connectivity index (χ1) is 8.99. The van der Waals surface area contributed by atoms with Crippen LogP contribution in [-0.2, 0) is 0 Å². The van der Waals surface area contributed by atoms with E-state index in [9.17, 15) is 4.79 Å². The van der Waals surface area contributed by atoms with E-state index in [1.165, 1.54) is 6.20 Å². The van der Waals surface area contributed by atoms with Crippen molar-refractivity contribution in [2.45, 2.75) is 6.92 Å². The third-order valence-electron chi connectivity index (χ3n) is 2.55. The number of carbonyl (C=O) groups is 1. The lowest BCUT2D eigenvalue weighted by atomic mass is 10.2. The van der Waals surface area contributed by atoms with Crippen LogP contribution < -0.4 is 11.1 Å². The maximum absolute atomic E-state index is 12.0. The third-order valence-corrected chi connectivity index (χ3v) is 3.27. The van der Waals surface area contributed by atoms with Crippen molar-refractivity contribution in [1.29, 1.82) is 0 Å². The number of aryl methyl sites for hydroxylation is 1. The molecule has 0 spiro atoms. The van der Waals surface area contributed by atoms with Crippen molar-refractivity contribution in [3.05, 3.63) is 51.8 Å². The van der Waals surface area contributed by atoms with Gasteiger partial charge in [-0.2, -0.15) is 0 Å². The molecule has 0 bridgehead atoms. The van der Waals surface area contributed by atoms with E-state index in [0.717, 1.165) is 5.56 Å². The summed E-state index contributed by atoms with van der Waals surface area (Å²) in [5, 5.41) is 3.57. The molecule has 0 fully saturated rings. The highest BCUT2D eigenvalue weighted by molar-refractivity contribution is 6.36. The summed E-state index contributed by atoms with van der Waals surface area (Å²) in [6.45, 7) is 1.83. The molecule has 0 unspecified atom stereocenters. The highest BCUT2D eigenvalue weighted by atomic mass is 35.5. The lowest BCUT2D eigenvalue weighted by molar-refractivity contribution is 0.102. The molecule has 2 aromatic rings. The Morgan fingerprint density at radius 3 is 2.74 bits per heavy atom. The van der Waals surface area contributed by atoms with Crippen molar-refractivity contribution < 1.29 is 4.79 Å². The number of aromatic nitrogens is 1. The van der Waals surface area contributed by atoms with E-state index in [-0.39, 0.29) is 5.69 Å². The number of benzene rings is 1. The number of pyridine rings is 1. The van der Waals surface area contributed by atoms with E-state index in [0.29, 0.717) is 21.4 Å². The molecule has 1 aromatic carbocycles.